The quantitative estimate of drug-likeness (QED) is 0.655. The van der Waals surface area contributed by atoms with Crippen LogP contribution in [0.4, 0.5) is 0 Å². The number of benzene rings is 2. The van der Waals surface area contributed by atoms with Crippen molar-refractivity contribution in [3.05, 3.63) is 64.2 Å². The molecular formula is C19H23ClN2O4S. The maximum atomic E-state index is 12.7. The van der Waals surface area contributed by atoms with Crippen LogP contribution >= 0.6 is 11.6 Å². The molecule has 0 aliphatic carbocycles. The predicted octanol–water partition coefficient (Wildman–Crippen LogP) is 3.06. The molecule has 0 saturated heterocycles. The molecule has 0 bridgehead atoms. The number of sulfonamides is 1. The van der Waals surface area contributed by atoms with E-state index in [1.807, 2.05) is 19.1 Å². The van der Waals surface area contributed by atoms with Crippen molar-refractivity contribution in [1.29, 1.82) is 0 Å². The molecule has 6 nitrogen and oxygen atoms in total. The lowest BCUT2D eigenvalue weighted by atomic mass is 10.1. The molecule has 1 atom stereocenters. The molecule has 0 fully saturated rings. The summed E-state index contributed by atoms with van der Waals surface area (Å²) in [5.41, 5.74) is 1.85. The fourth-order valence-electron chi connectivity index (χ4n) is 2.51. The second-order valence-electron chi connectivity index (χ2n) is 6.12. The summed E-state index contributed by atoms with van der Waals surface area (Å²) >= 11 is 6.00. The molecule has 1 amide bonds. The molecule has 0 heterocycles. The minimum absolute atomic E-state index is 0.0322. The zero-order valence-electron chi connectivity index (χ0n) is 15.5. The van der Waals surface area contributed by atoms with E-state index in [4.69, 9.17) is 16.3 Å². The molecular weight excluding hydrogens is 388 g/mol. The lowest BCUT2D eigenvalue weighted by Gasteiger charge is -2.16. The van der Waals surface area contributed by atoms with Gasteiger partial charge in [0.2, 0.25) is 10.0 Å². The van der Waals surface area contributed by atoms with Gasteiger partial charge in [-0.2, -0.15) is 0 Å². The third-order valence-electron chi connectivity index (χ3n) is 4.06. The number of amides is 1. The Morgan fingerprint density at radius 3 is 2.63 bits per heavy atom. The highest BCUT2D eigenvalue weighted by molar-refractivity contribution is 7.89. The van der Waals surface area contributed by atoms with Gasteiger partial charge in [0.1, 0.15) is 0 Å². The summed E-state index contributed by atoms with van der Waals surface area (Å²) < 4.78 is 32.0. The third-order valence-corrected chi connectivity index (χ3v) is 5.75. The van der Waals surface area contributed by atoms with Crippen LogP contribution in [0.5, 0.6) is 0 Å². The number of methoxy groups -OCH3 is 1. The first-order valence-electron chi connectivity index (χ1n) is 8.40. The molecule has 0 aliphatic heterocycles. The fraction of sp³-hybridized carbons (Fsp3) is 0.316. The Kier molecular flexibility index (Phi) is 7.38. The normalized spacial score (nSPS) is 12.6. The van der Waals surface area contributed by atoms with Crippen LogP contribution in [0.2, 0.25) is 5.02 Å². The second kappa shape index (κ2) is 9.32. The van der Waals surface area contributed by atoms with Crippen LogP contribution in [-0.4, -0.2) is 34.6 Å². The summed E-state index contributed by atoms with van der Waals surface area (Å²) in [5.74, 6) is -0.353. The SMILES string of the molecule is COCCNS(=O)(=O)c1ccc(C)c(C(=O)NC(C)c2cccc(Cl)c2)c1. The van der Waals surface area contributed by atoms with Gasteiger partial charge in [-0.25, -0.2) is 13.1 Å². The van der Waals surface area contributed by atoms with Gasteiger partial charge in [0.05, 0.1) is 17.5 Å². The number of nitrogens with one attached hydrogen (secondary N) is 2. The zero-order valence-corrected chi connectivity index (χ0v) is 17.0. The highest BCUT2D eigenvalue weighted by Crippen LogP contribution is 2.20. The van der Waals surface area contributed by atoms with Crippen molar-refractivity contribution in [3.63, 3.8) is 0 Å². The van der Waals surface area contributed by atoms with Gasteiger partial charge in [-0.05, 0) is 49.2 Å². The molecule has 2 aromatic carbocycles. The van der Waals surface area contributed by atoms with Crippen LogP contribution in [0.3, 0.4) is 0 Å². The zero-order chi connectivity index (χ0) is 20.0. The van der Waals surface area contributed by atoms with Crippen molar-refractivity contribution in [1.82, 2.24) is 10.0 Å². The number of ether oxygens (including phenoxy) is 1. The predicted molar refractivity (Wildman–Crippen MR) is 106 cm³/mol. The smallest absolute Gasteiger partial charge is 0.252 e. The van der Waals surface area contributed by atoms with Gasteiger partial charge in [-0.15, -0.1) is 0 Å². The number of carbonyl (C=O) groups is 1. The summed E-state index contributed by atoms with van der Waals surface area (Å²) in [7, 11) is -2.23. The molecule has 2 aromatic rings. The van der Waals surface area contributed by atoms with Gasteiger partial charge in [0.25, 0.3) is 5.91 Å². The Labute approximate surface area is 164 Å². The summed E-state index contributed by atoms with van der Waals surface area (Å²) in [6, 6.07) is 11.4. The number of hydrogen-bond donors (Lipinski definition) is 2. The minimum atomic E-state index is -3.72. The first-order chi connectivity index (χ1) is 12.7. The van der Waals surface area contributed by atoms with Crippen LogP contribution in [0.15, 0.2) is 47.4 Å². The molecule has 0 aliphatic rings. The summed E-state index contributed by atoms with van der Waals surface area (Å²) in [5, 5.41) is 3.46. The Hall–Kier alpha value is -1.93. The first kappa shape index (κ1) is 21.4. The van der Waals surface area contributed by atoms with Gasteiger partial charge in [0, 0.05) is 24.2 Å². The number of halogens is 1. The maximum absolute atomic E-state index is 12.7. The van der Waals surface area contributed by atoms with Crippen molar-refractivity contribution < 1.29 is 17.9 Å². The molecule has 2 N–H and O–H groups in total. The number of carbonyl (C=O) groups excluding carboxylic acids is 1. The molecule has 2 rings (SSSR count). The highest BCUT2D eigenvalue weighted by atomic mass is 35.5. The van der Waals surface area contributed by atoms with Crippen LogP contribution in [0.1, 0.15) is 34.5 Å². The van der Waals surface area contributed by atoms with Crippen LogP contribution in [-0.2, 0) is 14.8 Å². The molecule has 0 aromatic heterocycles. The average molecular weight is 411 g/mol. The second-order valence-corrected chi connectivity index (χ2v) is 8.32. The van der Waals surface area contributed by atoms with Crippen molar-refractivity contribution in [2.75, 3.05) is 20.3 Å². The van der Waals surface area contributed by atoms with E-state index in [1.165, 1.54) is 19.2 Å². The average Bonchev–Trinajstić information content (AvgIpc) is 2.61. The van der Waals surface area contributed by atoms with Gasteiger partial charge >= 0.3 is 0 Å². The molecule has 27 heavy (non-hydrogen) atoms. The van der Waals surface area contributed by atoms with Crippen molar-refractivity contribution in [3.8, 4) is 0 Å². The molecule has 0 saturated carbocycles. The fourth-order valence-corrected chi connectivity index (χ4v) is 3.75. The van der Waals surface area contributed by atoms with E-state index in [2.05, 4.69) is 10.0 Å². The van der Waals surface area contributed by atoms with Crippen molar-refractivity contribution in [2.45, 2.75) is 24.8 Å². The van der Waals surface area contributed by atoms with Crippen LogP contribution in [0, 0.1) is 6.92 Å². The van der Waals surface area contributed by atoms with Gasteiger partial charge in [-0.3, -0.25) is 4.79 Å². The summed E-state index contributed by atoms with van der Waals surface area (Å²) in [6.45, 7) is 4.01. The van der Waals surface area contributed by atoms with E-state index < -0.39 is 10.0 Å². The highest BCUT2D eigenvalue weighted by Gasteiger charge is 2.19. The van der Waals surface area contributed by atoms with Crippen molar-refractivity contribution in [2.24, 2.45) is 0 Å². The lowest BCUT2D eigenvalue weighted by Crippen LogP contribution is -2.29. The summed E-state index contributed by atoms with van der Waals surface area (Å²) in [6.07, 6.45) is 0. The van der Waals surface area contributed by atoms with Gasteiger partial charge in [0.15, 0.2) is 0 Å². The van der Waals surface area contributed by atoms with E-state index >= 15 is 0 Å². The van der Waals surface area contributed by atoms with Gasteiger partial charge < -0.3 is 10.1 Å². The topological polar surface area (TPSA) is 84.5 Å². The van der Waals surface area contributed by atoms with Gasteiger partial charge in [-0.1, -0.05) is 29.8 Å². The number of aryl methyl sites for hydroxylation is 1. The monoisotopic (exact) mass is 410 g/mol. The molecule has 8 heteroatoms. The van der Waals surface area contributed by atoms with Crippen molar-refractivity contribution >= 4 is 27.5 Å². The number of rotatable bonds is 8. The van der Waals surface area contributed by atoms with Crippen LogP contribution in [0.25, 0.3) is 0 Å². The Morgan fingerprint density at radius 2 is 1.96 bits per heavy atom. The minimum Gasteiger partial charge on any atom is -0.383 e. The van der Waals surface area contributed by atoms with E-state index in [1.54, 1.807) is 25.1 Å². The van der Waals surface area contributed by atoms with E-state index in [-0.39, 0.29) is 30.0 Å². The standard InChI is InChI=1S/C19H23ClN2O4S/c1-13-7-8-17(27(24,25)21-9-10-26-3)12-18(13)19(23)22-14(2)15-5-4-6-16(20)11-15/h4-8,11-12,14,21H,9-10H2,1-3H3,(H,22,23). The molecule has 0 radical (unpaired) electrons. The molecule has 1 unspecified atom stereocenters. The van der Waals surface area contributed by atoms with E-state index in [0.29, 0.717) is 16.1 Å². The van der Waals surface area contributed by atoms with Crippen LogP contribution < -0.4 is 10.0 Å². The Balaban J connectivity index is 2.21. The Bertz CT molecular complexity index is 916. The van der Waals surface area contributed by atoms with E-state index in [0.717, 1.165) is 5.56 Å². The summed E-state index contributed by atoms with van der Waals surface area (Å²) in [4.78, 5) is 12.7. The largest absolute Gasteiger partial charge is 0.383 e. The Morgan fingerprint density at radius 1 is 1.22 bits per heavy atom. The lowest BCUT2D eigenvalue weighted by molar-refractivity contribution is 0.0939. The first-order valence-corrected chi connectivity index (χ1v) is 10.3. The maximum Gasteiger partial charge on any atom is 0.252 e. The molecule has 0 spiro atoms. The molecule has 146 valence electrons. The van der Waals surface area contributed by atoms with E-state index in [9.17, 15) is 13.2 Å². The number of hydrogen-bond acceptors (Lipinski definition) is 4. The third kappa shape index (κ3) is 5.77.